The third-order valence-corrected chi connectivity index (χ3v) is 2.21. The minimum absolute atomic E-state index is 0.0619. The van der Waals surface area contributed by atoms with Crippen LogP contribution < -0.4 is 0 Å². The van der Waals surface area contributed by atoms with Crippen molar-refractivity contribution >= 4 is 29.4 Å². The molecule has 3 nitrogen and oxygen atoms in total. The first kappa shape index (κ1) is 13.4. The zero-order valence-electron chi connectivity index (χ0n) is 9.07. The second-order valence-electron chi connectivity index (χ2n) is 3.05. The molecule has 0 saturated heterocycles. The maximum Gasteiger partial charge on any atom is 0.379 e. The van der Waals surface area contributed by atoms with Crippen LogP contribution in [0.3, 0.4) is 0 Å². The number of halogens is 2. The molecule has 0 heterocycles. The van der Waals surface area contributed by atoms with Crippen molar-refractivity contribution in [2.45, 2.75) is 6.92 Å². The van der Waals surface area contributed by atoms with Gasteiger partial charge in [0.05, 0.1) is 11.6 Å². The molecule has 0 aliphatic rings. The molecule has 0 saturated carbocycles. The van der Waals surface area contributed by atoms with Crippen LogP contribution in [0.25, 0.3) is 6.08 Å². The van der Waals surface area contributed by atoms with Gasteiger partial charge in [0.1, 0.15) is 5.82 Å². The topological polar surface area (TPSA) is 43.4 Å². The van der Waals surface area contributed by atoms with Crippen molar-refractivity contribution in [1.29, 1.82) is 0 Å². The van der Waals surface area contributed by atoms with Gasteiger partial charge in [0.15, 0.2) is 0 Å². The molecule has 0 bridgehead atoms. The van der Waals surface area contributed by atoms with E-state index in [1.807, 2.05) is 0 Å². The van der Waals surface area contributed by atoms with E-state index in [0.717, 1.165) is 12.2 Å². The van der Waals surface area contributed by atoms with E-state index in [-0.39, 0.29) is 17.2 Å². The van der Waals surface area contributed by atoms with Gasteiger partial charge in [0.2, 0.25) is 0 Å². The highest BCUT2D eigenvalue weighted by Crippen LogP contribution is 2.20. The third kappa shape index (κ3) is 3.67. The van der Waals surface area contributed by atoms with Gasteiger partial charge < -0.3 is 4.74 Å². The van der Waals surface area contributed by atoms with Crippen molar-refractivity contribution in [3.63, 3.8) is 0 Å². The second-order valence-corrected chi connectivity index (χ2v) is 3.46. The molecule has 5 heteroatoms. The van der Waals surface area contributed by atoms with Crippen LogP contribution in [0.2, 0.25) is 5.02 Å². The lowest BCUT2D eigenvalue weighted by atomic mass is 10.2. The summed E-state index contributed by atoms with van der Waals surface area (Å²) in [5.74, 6) is -2.40. The number of hydrogen-bond donors (Lipinski definition) is 0. The molecule has 0 fully saturated rings. The van der Waals surface area contributed by atoms with Crippen molar-refractivity contribution < 1.29 is 18.7 Å². The van der Waals surface area contributed by atoms with Gasteiger partial charge in [0.25, 0.3) is 5.78 Å². The molecule has 0 aliphatic heterocycles. The predicted molar refractivity (Wildman–Crippen MR) is 62.1 cm³/mol. The Hall–Kier alpha value is -1.68. The summed E-state index contributed by atoms with van der Waals surface area (Å²) in [5.41, 5.74) is 0.0619. The third-order valence-electron chi connectivity index (χ3n) is 1.88. The number of carbonyl (C=O) groups excluding carboxylic acids is 2. The zero-order valence-corrected chi connectivity index (χ0v) is 9.83. The fourth-order valence-electron chi connectivity index (χ4n) is 1.10. The molecule has 17 heavy (non-hydrogen) atoms. The number of carbonyl (C=O) groups is 2. The smallest absolute Gasteiger partial charge is 0.379 e. The van der Waals surface area contributed by atoms with Gasteiger partial charge in [-0.1, -0.05) is 17.7 Å². The summed E-state index contributed by atoms with van der Waals surface area (Å²) >= 11 is 5.73. The molecule has 0 radical (unpaired) electrons. The summed E-state index contributed by atoms with van der Waals surface area (Å²) in [6.07, 6.45) is 2.08. The molecular formula is C12H10ClFO3. The number of ether oxygens (including phenoxy) is 1. The summed E-state index contributed by atoms with van der Waals surface area (Å²) in [6, 6.07) is 4.14. The van der Waals surface area contributed by atoms with E-state index in [1.54, 1.807) is 6.92 Å². The molecule has 0 spiro atoms. The molecule has 0 aromatic heterocycles. The summed E-state index contributed by atoms with van der Waals surface area (Å²) in [4.78, 5) is 22.2. The SMILES string of the molecule is CCOC(=O)C(=O)/C=C/c1c(F)cccc1Cl. The summed E-state index contributed by atoms with van der Waals surface area (Å²) in [7, 11) is 0. The molecule has 0 aliphatic carbocycles. The van der Waals surface area contributed by atoms with E-state index in [0.29, 0.717) is 0 Å². The second kappa shape index (κ2) is 6.15. The predicted octanol–water partition coefficient (Wildman–Crippen LogP) is 2.62. The van der Waals surface area contributed by atoms with Crippen molar-refractivity contribution in [3.8, 4) is 0 Å². The van der Waals surface area contributed by atoms with E-state index in [9.17, 15) is 14.0 Å². The lowest BCUT2D eigenvalue weighted by Crippen LogP contribution is -2.14. The Kier molecular flexibility index (Phi) is 4.84. The maximum absolute atomic E-state index is 13.3. The standard InChI is InChI=1S/C12H10ClFO3/c1-2-17-12(16)11(15)7-6-8-9(13)4-3-5-10(8)14/h3-7H,2H2,1H3/b7-6+. The lowest BCUT2D eigenvalue weighted by Gasteiger charge is -1.99. The Labute approximate surface area is 103 Å². The molecule has 1 rings (SSSR count). The van der Waals surface area contributed by atoms with E-state index < -0.39 is 17.6 Å². The van der Waals surface area contributed by atoms with E-state index in [1.165, 1.54) is 18.2 Å². The van der Waals surface area contributed by atoms with Crippen LogP contribution >= 0.6 is 11.6 Å². The molecule has 0 atom stereocenters. The van der Waals surface area contributed by atoms with Crippen molar-refractivity contribution in [2.75, 3.05) is 6.61 Å². The molecule has 0 amide bonds. The highest BCUT2D eigenvalue weighted by molar-refractivity contribution is 6.39. The maximum atomic E-state index is 13.3. The van der Waals surface area contributed by atoms with Crippen molar-refractivity contribution in [3.05, 3.63) is 40.7 Å². The average molecular weight is 257 g/mol. The summed E-state index contributed by atoms with van der Waals surface area (Å²) in [6.45, 7) is 1.70. The van der Waals surface area contributed by atoms with Crippen molar-refractivity contribution in [2.24, 2.45) is 0 Å². The molecule has 1 aromatic carbocycles. The van der Waals surface area contributed by atoms with Gasteiger partial charge in [0, 0.05) is 5.56 Å². The normalized spacial score (nSPS) is 10.5. The fourth-order valence-corrected chi connectivity index (χ4v) is 1.33. The van der Waals surface area contributed by atoms with Crippen LogP contribution in [0.4, 0.5) is 4.39 Å². The Balaban J connectivity index is 2.84. The first-order valence-corrected chi connectivity index (χ1v) is 5.27. The van der Waals surface area contributed by atoms with Crippen molar-refractivity contribution in [1.82, 2.24) is 0 Å². The summed E-state index contributed by atoms with van der Waals surface area (Å²) in [5, 5.41) is 0.165. The first-order valence-electron chi connectivity index (χ1n) is 4.89. The van der Waals surface area contributed by atoms with E-state index in [4.69, 9.17) is 11.6 Å². The lowest BCUT2D eigenvalue weighted by molar-refractivity contribution is -0.151. The fraction of sp³-hybridized carbons (Fsp3) is 0.167. The van der Waals surface area contributed by atoms with Crippen LogP contribution in [0.15, 0.2) is 24.3 Å². The Morgan fingerprint density at radius 1 is 1.47 bits per heavy atom. The molecule has 0 N–H and O–H groups in total. The Bertz CT molecular complexity index is 449. The number of ketones is 1. The minimum atomic E-state index is -0.976. The van der Waals surface area contributed by atoms with Crippen LogP contribution in [0.5, 0.6) is 0 Å². The Morgan fingerprint density at radius 3 is 2.76 bits per heavy atom. The molecular weight excluding hydrogens is 247 g/mol. The highest BCUT2D eigenvalue weighted by Gasteiger charge is 2.11. The van der Waals surface area contributed by atoms with Gasteiger partial charge in [-0.15, -0.1) is 0 Å². The van der Waals surface area contributed by atoms with Gasteiger partial charge in [-0.2, -0.15) is 0 Å². The van der Waals surface area contributed by atoms with Crippen LogP contribution in [-0.2, 0) is 14.3 Å². The number of rotatable bonds is 4. The zero-order chi connectivity index (χ0) is 12.8. The minimum Gasteiger partial charge on any atom is -0.460 e. The summed E-state index contributed by atoms with van der Waals surface area (Å²) < 4.78 is 17.8. The van der Waals surface area contributed by atoms with Crippen LogP contribution in [-0.4, -0.2) is 18.4 Å². The quantitative estimate of drug-likeness (QED) is 0.473. The average Bonchev–Trinajstić information content (AvgIpc) is 2.28. The van der Waals surface area contributed by atoms with Gasteiger partial charge in [-0.25, -0.2) is 9.18 Å². The van der Waals surface area contributed by atoms with Gasteiger partial charge >= 0.3 is 5.97 Å². The van der Waals surface area contributed by atoms with Gasteiger partial charge in [-0.3, -0.25) is 4.79 Å². The van der Waals surface area contributed by atoms with E-state index >= 15 is 0 Å². The number of hydrogen-bond acceptors (Lipinski definition) is 3. The van der Waals surface area contributed by atoms with Crippen LogP contribution in [0.1, 0.15) is 12.5 Å². The molecule has 0 unspecified atom stereocenters. The number of benzene rings is 1. The van der Waals surface area contributed by atoms with Gasteiger partial charge in [-0.05, 0) is 31.2 Å². The first-order chi connectivity index (χ1) is 8.06. The van der Waals surface area contributed by atoms with E-state index in [2.05, 4.69) is 4.74 Å². The Morgan fingerprint density at radius 2 is 2.18 bits per heavy atom. The highest BCUT2D eigenvalue weighted by atomic mass is 35.5. The molecule has 90 valence electrons. The number of esters is 1. The monoisotopic (exact) mass is 256 g/mol. The molecule has 1 aromatic rings. The van der Waals surface area contributed by atoms with Crippen LogP contribution in [0, 0.1) is 5.82 Å². The largest absolute Gasteiger partial charge is 0.460 e.